The Morgan fingerprint density at radius 2 is 2.10 bits per heavy atom. The molecule has 0 bridgehead atoms. The van der Waals surface area contributed by atoms with Gasteiger partial charge in [-0.15, -0.1) is 0 Å². The van der Waals surface area contributed by atoms with Crippen molar-refractivity contribution in [3.63, 3.8) is 0 Å². The van der Waals surface area contributed by atoms with Crippen LogP contribution in [-0.2, 0) is 11.3 Å². The number of nitrogens with one attached hydrogen (secondary N) is 1. The van der Waals surface area contributed by atoms with Crippen LogP contribution >= 0.6 is 15.9 Å². The summed E-state index contributed by atoms with van der Waals surface area (Å²) in [6.45, 7) is 2.37. The fourth-order valence-electron chi connectivity index (χ4n) is 1.83. The van der Waals surface area contributed by atoms with Gasteiger partial charge in [-0.3, -0.25) is 4.79 Å². The normalized spacial score (nSPS) is 10.2. The summed E-state index contributed by atoms with van der Waals surface area (Å²) in [5.41, 5.74) is 8.34. The number of ether oxygens (including phenoxy) is 1. The van der Waals surface area contributed by atoms with Crippen LogP contribution in [0.25, 0.3) is 0 Å². The lowest BCUT2D eigenvalue weighted by molar-refractivity contribution is -0.118. The first-order valence-electron chi connectivity index (χ1n) is 6.56. The van der Waals surface area contributed by atoms with E-state index >= 15 is 0 Å². The summed E-state index contributed by atoms with van der Waals surface area (Å²) >= 11 is 3.42. The van der Waals surface area contributed by atoms with Gasteiger partial charge in [-0.25, -0.2) is 0 Å². The Hall–Kier alpha value is -1.85. The lowest BCUT2D eigenvalue weighted by Gasteiger charge is -2.09. The Bertz CT molecular complexity index is 644. The van der Waals surface area contributed by atoms with Gasteiger partial charge in [-0.05, 0) is 48.4 Å². The molecule has 2 aromatic rings. The van der Waals surface area contributed by atoms with E-state index in [1.807, 2.05) is 43.3 Å². The summed E-state index contributed by atoms with van der Waals surface area (Å²) in [6, 6.07) is 13.0. The van der Waals surface area contributed by atoms with Crippen molar-refractivity contribution in [1.29, 1.82) is 0 Å². The third kappa shape index (κ3) is 4.58. The van der Waals surface area contributed by atoms with Crippen LogP contribution in [0.5, 0.6) is 5.75 Å². The molecule has 0 heterocycles. The zero-order chi connectivity index (χ0) is 15.2. The van der Waals surface area contributed by atoms with Crippen molar-refractivity contribution in [1.82, 2.24) is 0 Å². The molecule has 0 aliphatic rings. The Kier molecular flexibility index (Phi) is 5.36. The van der Waals surface area contributed by atoms with Crippen molar-refractivity contribution < 1.29 is 9.53 Å². The van der Waals surface area contributed by atoms with Gasteiger partial charge in [-0.1, -0.05) is 28.1 Å². The molecule has 0 spiro atoms. The minimum atomic E-state index is -0.199. The third-order valence-electron chi connectivity index (χ3n) is 2.95. The number of nitrogens with two attached hydrogens (primary N) is 1. The summed E-state index contributed by atoms with van der Waals surface area (Å²) in [4.78, 5) is 11.9. The van der Waals surface area contributed by atoms with Gasteiger partial charge in [-0.2, -0.15) is 0 Å². The van der Waals surface area contributed by atoms with E-state index in [2.05, 4.69) is 21.2 Å². The highest BCUT2D eigenvalue weighted by molar-refractivity contribution is 9.10. The standard InChI is InChI=1S/C16H17BrN2O2/c1-11-7-13(5-6-15(11)17)19-16(20)10-21-14-4-2-3-12(8-14)9-18/h2-8H,9-10,18H2,1H3,(H,19,20). The van der Waals surface area contributed by atoms with E-state index in [1.165, 1.54) is 0 Å². The molecule has 0 radical (unpaired) electrons. The largest absolute Gasteiger partial charge is 0.484 e. The summed E-state index contributed by atoms with van der Waals surface area (Å²) in [5, 5.41) is 2.80. The lowest BCUT2D eigenvalue weighted by atomic mass is 10.2. The summed E-state index contributed by atoms with van der Waals surface area (Å²) in [6.07, 6.45) is 0. The monoisotopic (exact) mass is 348 g/mol. The number of benzene rings is 2. The van der Waals surface area contributed by atoms with Crippen molar-refractivity contribution in [2.75, 3.05) is 11.9 Å². The highest BCUT2D eigenvalue weighted by Crippen LogP contribution is 2.20. The second-order valence-electron chi connectivity index (χ2n) is 4.65. The van der Waals surface area contributed by atoms with Gasteiger partial charge >= 0.3 is 0 Å². The molecule has 110 valence electrons. The second kappa shape index (κ2) is 7.24. The molecule has 1 amide bonds. The molecule has 21 heavy (non-hydrogen) atoms. The maximum Gasteiger partial charge on any atom is 0.262 e. The van der Waals surface area contributed by atoms with Gasteiger partial charge in [0.05, 0.1) is 0 Å². The molecule has 5 heteroatoms. The van der Waals surface area contributed by atoms with Crippen LogP contribution in [0.4, 0.5) is 5.69 Å². The van der Waals surface area contributed by atoms with Crippen LogP contribution < -0.4 is 15.8 Å². The van der Waals surface area contributed by atoms with Crippen molar-refractivity contribution >= 4 is 27.5 Å². The van der Waals surface area contributed by atoms with E-state index in [1.54, 1.807) is 6.07 Å². The predicted octanol–water partition coefficient (Wildman–Crippen LogP) is 3.23. The maximum atomic E-state index is 11.9. The van der Waals surface area contributed by atoms with Gasteiger partial charge in [0.25, 0.3) is 5.91 Å². The number of anilines is 1. The average molecular weight is 349 g/mol. The van der Waals surface area contributed by atoms with Gasteiger partial charge in [0, 0.05) is 16.7 Å². The lowest BCUT2D eigenvalue weighted by Crippen LogP contribution is -2.20. The van der Waals surface area contributed by atoms with Crippen LogP contribution in [0.3, 0.4) is 0 Å². The topological polar surface area (TPSA) is 64.3 Å². The number of aryl methyl sites for hydroxylation is 1. The van der Waals surface area contributed by atoms with Gasteiger partial charge < -0.3 is 15.8 Å². The van der Waals surface area contributed by atoms with Crippen LogP contribution in [0, 0.1) is 6.92 Å². The molecule has 0 fully saturated rings. The van der Waals surface area contributed by atoms with Gasteiger partial charge in [0.2, 0.25) is 0 Å². The second-order valence-corrected chi connectivity index (χ2v) is 5.51. The zero-order valence-corrected chi connectivity index (χ0v) is 13.3. The molecule has 0 aromatic heterocycles. The highest BCUT2D eigenvalue weighted by atomic mass is 79.9. The molecule has 0 aliphatic carbocycles. The number of carbonyl (C=O) groups is 1. The Morgan fingerprint density at radius 3 is 2.81 bits per heavy atom. The molecular weight excluding hydrogens is 332 g/mol. The Balaban J connectivity index is 1.91. The van der Waals surface area contributed by atoms with E-state index in [-0.39, 0.29) is 12.5 Å². The SMILES string of the molecule is Cc1cc(NC(=O)COc2cccc(CN)c2)ccc1Br. The van der Waals surface area contributed by atoms with Crippen molar-refractivity contribution in [3.05, 3.63) is 58.1 Å². The highest BCUT2D eigenvalue weighted by Gasteiger charge is 2.05. The third-order valence-corrected chi connectivity index (χ3v) is 3.84. The first-order chi connectivity index (χ1) is 10.1. The predicted molar refractivity (Wildman–Crippen MR) is 87.3 cm³/mol. The molecular formula is C16H17BrN2O2. The average Bonchev–Trinajstić information content (AvgIpc) is 2.49. The maximum absolute atomic E-state index is 11.9. The van der Waals surface area contributed by atoms with E-state index in [4.69, 9.17) is 10.5 Å². The number of hydrogen-bond acceptors (Lipinski definition) is 3. The van der Waals surface area contributed by atoms with Crippen LogP contribution in [0.1, 0.15) is 11.1 Å². The number of halogens is 1. The first kappa shape index (κ1) is 15.5. The van der Waals surface area contributed by atoms with Crippen molar-refractivity contribution in [2.45, 2.75) is 13.5 Å². The number of rotatable bonds is 5. The summed E-state index contributed by atoms with van der Waals surface area (Å²) < 4.78 is 6.47. The van der Waals surface area contributed by atoms with E-state index in [0.717, 1.165) is 21.3 Å². The molecule has 4 nitrogen and oxygen atoms in total. The Morgan fingerprint density at radius 1 is 1.29 bits per heavy atom. The zero-order valence-electron chi connectivity index (χ0n) is 11.7. The van der Waals surface area contributed by atoms with Crippen LogP contribution in [-0.4, -0.2) is 12.5 Å². The van der Waals surface area contributed by atoms with E-state index in [9.17, 15) is 4.79 Å². The van der Waals surface area contributed by atoms with E-state index < -0.39 is 0 Å². The van der Waals surface area contributed by atoms with Gasteiger partial charge in [0.15, 0.2) is 6.61 Å². The molecule has 0 unspecified atom stereocenters. The van der Waals surface area contributed by atoms with Gasteiger partial charge in [0.1, 0.15) is 5.75 Å². The molecule has 3 N–H and O–H groups in total. The molecule has 0 aliphatic heterocycles. The number of carbonyl (C=O) groups excluding carboxylic acids is 1. The summed E-state index contributed by atoms with van der Waals surface area (Å²) in [7, 11) is 0. The first-order valence-corrected chi connectivity index (χ1v) is 7.35. The number of amides is 1. The molecule has 0 saturated carbocycles. The van der Waals surface area contributed by atoms with Crippen molar-refractivity contribution in [3.8, 4) is 5.75 Å². The molecule has 2 aromatic carbocycles. The minimum Gasteiger partial charge on any atom is -0.484 e. The van der Waals surface area contributed by atoms with Crippen molar-refractivity contribution in [2.24, 2.45) is 5.73 Å². The molecule has 0 atom stereocenters. The summed E-state index contributed by atoms with van der Waals surface area (Å²) in [5.74, 6) is 0.440. The fraction of sp³-hybridized carbons (Fsp3) is 0.188. The quantitative estimate of drug-likeness (QED) is 0.871. The van der Waals surface area contributed by atoms with Crippen LogP contribution in [0.15, 0.2) is 46.9 Å². The smallest absolute Gasteiger partial charge is 0.262 e. The Labute approximate surface area is 132 Å². The minimum absolute atomic E-state index is 0.0386. The fourth-order valence-corrected chi connectivity index (χ4v) is 2.08. The van der Waals surface area contributed by atoms with E-state index in [0.29, 0.717) is 12.3 Å². The number of hydrogen-bond donors (Lipinski definition) is 2. The molecule has 2 rings (SSSR count). The van der Waals surface area contributed by atoms with Crippen LogP contribution in [0.2, 0.25) is 0 Å². The molecule has 0 saturated heterocycles.